The molecule has 4 heterocycles. The molecule has 0 aromatic carbocycles. The van der Waals surface area contributed by atoms with E-state index in [2.05, 4.69) is 5.32 Å². The fourth-order valence-corrected chi connectivity index (χ4v) is 6.83. The topological polar surface area (TPSA) is 403 Å². The maximum absolute atomic E-state index is 12.1. The molecule has 4 aliphatic heterocycles. The third kappa shape index (κ3) is 10.6. The molecule has 0 spiro atoms. The highest BCUT2D eigenvalue weighted by atomic mass is 16.8. The SMILES string of the molecule is CC(=O)N[C@H]1[C@@H](O[C@H]2[C@@H](O)[C@@H](CO)O[C@@H](O[C@@H]([C@H](O[C@@H]3O[C@@H](C)[C@@H](O)[C@@H](O)[C@@H]3O)[C@@H](O)C=O)[C@H](O)CO)[C@@H]2O[C@@H]2O[C@@H](C)[C@@H](O)[C@@H](O)[C@@H]2O)O[C@H](CO)[C@H](O)[C@@H]1O. The van der Waals surface area contributed by atoms with Crippen LogP contribution in [0.2, 0.25) is 0 Å². The molecule has 0 saturated carbocycles. The standard InChI is InChI=1S/C32H55NO24/c1-8-16(41)21(46)23(48)30(50-8)54-25(11(39)4-34)26(12(40)5-35)55-32-28(57-31-24(49)22(47)17(42)9(2)51-31)27(19(44)14(7-37)53-32)56-29-15(33-10(3)38)20(45)18(43)13(6-36)52-29/h4,8-9,11-32,35-37,39-49H,5-7H2,1-3H3,(H,33,38)/t8-,9-,11-,12+,13+,14+,15+,16+,17+,18-,19-,20+,21+,22+,23-,24-,25+,26+,27-,28+,29+,30-,31-,32-/m0/s1. The molecule has 0 radical (unpaired) electrons. The number of hydrogen-bond donors (Lipinski definition) is 15. The van der Waals surface area contributed by atoms with Gasteiger partial charge in [-0.15, -0.1) is 0 Å². The Balaban J connectivity index is 1.79. The molecule has 15 N–H and O–H groups in total. The quantitative estimate of drug-likeness (QED) is 0.0642. The maximum Gasteiger partial charge on any atom is 0.217 e. The number of carbonyl (C=O) groups is 2. The minimum absolute atomic E-state index is 0.100. The Kier molecular flexibility index (Phi) is 17.4. The van der Waals surface area contributed by atoms with E-state index in [1.54, 1.807) is 0 Å². The van der Waals surface area contributed by atoms with Crippen LogP contribution in [0.3, 0.4) is 0 Å². The zero-order valence-electron chi connectivity index (χ0n) is 30.9. The molecule has 332 valence electrons. The second kappa shape index (κ2) is 20.7. The number of hydrogen-bond acceptors (Lipinski definition) is 24. The fourth-order valence-electron chi connectivity index (χ4n) is 6.83. The van der Waals surface area contributed by atoms with Crippen LogP contribution in [0.4, 0.5) is 0 Å². The second-order valence-corrected chi connectivity index (χ2v) is 14.3. The van der Waals surface area contributed by atoms with Crippen molar-refractivity contribution in [2.75, 3.05) is 19.8 Å². The van der Waals surface area contributed by atoms with Gasteiger partial charge in [-0.25, -0.2) is 0 Å². The molecule has 1 amide bonds. The summed E-state index contributed by atoms with van der Waals surface area (Å²) in [7, 11) is 0. The van der Waals surface area contributed by atoms with E-state index >= 15 is 0 Å². The van der Waals surface area contributed by atoms with E-state index in [1.807, 2.05) is 0 Å². The summed E-state index contributed by atoms with van der Waals surface area (Å²) in [5.74, 6) is -0.773. The van der Waals surface area contributed by atoms with Crippen LogP contribution in [0.15, 0.2) is 0 Å². The molecule has 24 atom stereocenters. The predicted octanol–water partition coefficient (Wildman–Crippen LogP) is -9.88. The van der Waals surface area contributed by atoms with Crippen LogP contribution in [-0.2, 0) is 47.5 Å². The molecule has 0 aromatic rings. The first kappa shape index (κ1) is 47.9. The van der Waals surface area contributed by atoms with E-state index in [0.29, 0.717) is 0 Å². The third-order valence-electron chi connectivity index (χ3n) is 10.2. The Morgan fingerprint density at radius 2 is 1.11 bits per heavy atom. The second-order valence-electron chi connectivity index (χ2n) is 14.3. The van der Waals surface area contributed by atoms with Crippen LogP contribution >= 0.6 is 0 Å². The number of aldehydes is 1. The maximum atomic E-state index is 12.1. The van der Waals surface area contributed by atoms with E-state index < -0.39 is 173 Å². The van der Waals surface area contributed by atoms with Crippen LogP contribution in [0, 0.1) is 0 Å². The summed E-state index contributed by atoms with van der Waals surface area (Å²) in [6, 6.07) is -1.64. The zero-order valence-corrected chi connectivity index (χ0v) is 30.9. The molecule has 57 heavy (non-hydrogen) atoms. The van der Waals surface area contributed by atoms with Crippen LogP contribution in [0.1, 0.15) is 20.8 Å². The van der Waals surface area contributed by atoms with Crippen LogP contribution in [0.5, 0.6) is 0 Å². The van der Waals surface area contributed by atoms with Gasteiger partial charge in [-0.2, -0.15) is 0 Å². The largest absolute Gasteiger partial charge is 0.394 e. The van der Waals surface area contributed by atoms with Crippen molar-refractivity contribution in [3.05, 3.63) is 0 Å². The molecule has 25 nitrogen and oxygen atoms in total. The first-order chi connectivity index (χ1) is 26.8. The van der Waals surface area contributed by atoms with E-state index in [1.165, 1.54) is 13.8 Å². The average Bonchev–Trinajstić information content (AvgIpc) is 3.18. The van der Waals surface area contributed by atoms with Gasteiger partial charge in [-0.1, -0.05) is 0 Å². The number of aliphatic hydroxyl groups excluding tert-OH is 14. The van der Waals surface area contributed by atoms with Gasteiger partial charge >= 0.3 is 0 Å². The smallest absolute Gasteiger partial charge is 0.217 e. The molecule has 0 bridgehead atoms. The highest BCUT2D eigenvalue weighted by Crippen LogP contribution is 2.35. The van der Waals surface area contributed by atoms with Gasteiger partial charge in [-0.3, -0.25) is 4.79 Å². The van der Waals surface area contributed by atoms with Crippen molar-refractivity contribution in [3.8, 4) is 0 Å². The summed E-state index contributed by atoms with van der Waals surface area (Å²) in [6.07, 6.45) is -43.5. The number of carbonyl (C=O) groups excluding carboxylic acids is 2. The van der Waals surface area contributed by atoms with Crippen molar-refractivity contribution in [2.45, 2.75) is 168 Å². The van der Waals surface area contributed by atoms with Gasteiger partial charge in [0.05, 0.1) is 32.0 Å². The molecule has 0 aliphatic carbocycles. The lowest BCUT2D eigenvalue weighted by atomic mass is 9.95. The molecule has 0 unspecified atom stereocenters. The minimum Gasteiger partial charge on any atom is -0.394 e. The van der Waals surface area contributed by atoms with Crippen LogP contribution in [-0.4, -0.2) is 251 Å². The monoisotopic (exact) mass is 837 g/mol. The predicted molar refractivity (Wildman–Crippen MR) is 176 cm³/mol. The van der Waals surface area contributed by atoms with Gasteiger partial charge in [0.25, 0.3) is 0 Å². The molecular formula is C32H55NO24. The van der Waals surface area contributed by atoms with Crippen molar-refractivity contribution >= 4 is 12.2 Å². The average molecular weight is 838 g/mol. The van der Waals surface area contributed by atoms with E-state index in [-0.39, 0.29) is 6.29 Å². The number of ether oxygens (including phenoxy) is 8. The van der Waals surface area contributed by atoms with E-state index in [9.17, 15) is 81.1 Å². The first-order valence-electron chi connectivity index (χ1n) is 18.1. The van der Waals surface area contributed by atoms with Gasteiger partial charge in [0.1, 0.15) is 110 Å². The Morgan fingerprint density at radius 1 is 0.614 bits per heavy atom. The summed E-state index contributed by atoms with van der Waals surface area (Å²) in [6.45, 7) is 0.471. The highest BCUT2D eigenvalue weighted by Gasteiger charge is 2.56. The van der Waals surface area contributed by atoms with Gasteiger partial charge in [0.15, 0.2) is 31.4 Å². The van der Waals surface area contributed by atoms with Gasteiger partial charge < -0.3 is 119 Å². The summed E-state index contributed by atoms with van der Waals surface area (Å²) in [4.78, 5) is 24.1. The lowest BCUT2D eigenvalue weighted by molar-refractivity contribution is -0.396. The van der Waals surface area contributed by atoms with Crippen molar-refractivity contribution in [3.63, 3.8) is 0 Å². The van der Waals surface area contributed by atoms with Crippen molar-refractivity contribution in [1.82, 2.24) is 5.32 Å². The number of rotatable bonds is 16. The van der Waals surface area contributed by atoms with Crippen molar-refractivity contribution in [2.24, 2.45) is 0 Å². The summed E-state index contributed by atoms with van der Waals surface area (Å²) < 4.78 is 46.0. The third-order valence-corrected chi connectivity index (χ3v) is 10.2. The van der Waals surface area contributed by atoms with Gasteiger partial charge in [0, 0.05) is 6.92 Å². The minimum atomic E-state index is -2.29. The lowest BCUT2D eigenvalue weighted by Gasteiger charge is -2.50. The number of nitrogens with one attached hydrogen (secondary N) is 1. The Hall–Kier alpha value is -1.74. The van der Waals surface area contributed by atoms with E-state index in [0.717, 1.165) is 6.92 Å². The van der Waals surface area contributed by atoms with E-state index in [4.69, 9.17) is 37.9 Å². The molecular weight excluding hydrogens is 782 g/mol. The summed E-state index contributed by atoms with van der Waals surface area (Å²) in [5, 5.41) is 150. The fraction of sp³-hybridized carbons (Fsp3) is 0.938. The Labute approximate surface area is 324 Å². The van der Waals surface area contributed by atoms with Gasteiger partial charge in [-0.05, 0) is 13.8 Å². The molecule has 4 aliphatic rings. The molecule has 25 heteroatoms. The number of amides is 1. The molecule has 4 fully saturated rings. The van der Waals surface area contributed by atoms with Crippen LogP contribution < -0.4 is 5.32 Å². The number of aliphatic hydroxyl groups is 14. The summed E-state index contributed by atoms with van der Waals surface area (Å²) >= 11 is 0. The molecule has 0 aromatic heterocycles. The zero-order chi connectivity index (χ0) is 42.6. The van der Waals surface area contributed by atoms with Gasteiger partial charge in [0.2, 0.25) is 5.91 Å². The lowest BCUT2D eigenvalue weighted by Crippen LogP contribution is -2.69. The Morgan fingerprint density at radius 3 is 1.63 bits per heavy atom. The molecule has 4 saturated heterocycles. The normalized spacial score (nSPS) is 46.4. The summed E-state index contributed by atoms with van der Waals surface area (Å²) in [5.41, 5.74) is 0. The van der Waals surface area contributed by atoms with Crippen LogP contribution in [0.25, 0.3) is 0 Å². The van der Waals surface area contributed by atoms with Crippen molar-refractivity contribution < 1.29 is 119 Å². The highest BCUT2D eigenvalue weighted by molar-refractivity contribution is 5.73. The first-order valence-corrected chi connectivity index (χ1v) is 18.1. The Bertz CT molecular complexity index is 1270. The van der Waals surface area contributed by atoms with Crippen molar-refractivity contribution in [1.29, 1.82) is 0 Å². The molecule has 4 rings (SSSR count).